The first-order chi connectivity index (χ1) is 19.3. The predicted octanol–water partition coefficient (Wildman–Crippen LogP) is 3.09. The number of aryl methyl sites for hydroxylation is 1. The highest BCUT2D eigenvalue weighted by Crippen LogP contribution is 2.39. The number of nitro groups is 1. The van der Waals surface area contributed by atoms with E-state index >= 15 is 0 Å². The fourth-order valence-electron chi connectivity index (χ4n) is 5.30. The van der Waals surface area contributed by atoms with Crippen LogP contribution in [-0.4, -0.2) is 68.9 Å². The molecule has 11 nitrogen and oxygen atoms in total. The number of piperidine rings is 1. The molecule has 5 rings (SSSR count). The summed E-state index contributed by atoms with van der Waals surface area (Å²) in [4.78, 5) is 58.5. The summed E-state index contributed by atoms with van der Waals surface area (Å²) < 4.78 is 6.25. The van der Waals surface area contributed by atoms with Gasteiger partial charge in [0.25, 0.3) is 17.5 Å². The van der Waals surface area contributed by atoms with Crippen molar-refractivity contribution in [1.29, 1.82) is 0 Å². The lowest BCUT2D eigenvalue weighted by molar-refractivity contribution is -0.384. The number of carbonyl (C=O) groups is 3. The van der Waals surface area contributed by atoms with Gasteiger partial charge in [-0.15, -0.1) is 0 Å². The summed E-state index contributed by atoms with van der Waals surface area (Å²) in [6.07, 6.45) is 2.22. The lowest BCUT2D eigenvalue weighted by atomic mass is 9.95. The van der Waals surface area contributed by atoms with E-state index in [1.165, 1.54) is 23.1 Å². The van der Waals surface area contributed by atoms with E-state index < -0.39 is 16.7 Å². The highest BCUT2D eigenvalue weighted by atomic mass is 16.6. The third-order valence-corrected chi connectivity index (χ3v) is 7.46. The molecule has 40 heavy (non-hydrogen) atoms. The standard InChI is InChI=1S/C29H29N5O6/c1-20-7-2-3-11-24(20)28(37)33-25(26(35)31-18-22-9-4-5-14-30-22)19-40-29(33)12-15-32(16-13-29)27(36)21-8-6-10-23(17-21)34(38)39/h2-11,14,17,25H,12-13,15-16,18-19H2,1H3,(H,31,35)/t25-/m1/s1. The van der Waals surface area contributed by atoms with Crippen LogP contribution in [0.15, 0.2) is 72.9 Å². The number of non-ortho nitro benzene ring substituents is 1. The summed E-state index contributed by atoms with van der Waals surface area (Å²) in [5.74, 6) is -0.996. The predicted molar refractivity (Wildman–Crippen MR) is 144 cm³/mol. The lowest BCUT2D eigenvalue weighted by Gasteiger charge is -2.44. The zero-order valence-corrected chi connectivity index (χ0v) is 22.0. The molecule has 1 aromatic heterocycles. The van der Waals surface area contributed by atoms with Crippen LogP contribution in [0.5, 0.6) is 0 Å². The van der Waals surface area contributed by atoms with Gasteiger partial charge in [-0.05, 0) is 36.8 Å². The number of aromatic nitrogens is 1. The van der Waals surface area contributed by atoms with Gasteiger partial charge in [-0.3, -0.25) is 34.4 Å². The Labute approximate surface area is 230 Å². The Balaban J connectivity index is 1.37. The summed E-state index contributed by atoms with van der Waals surface area (Å²) in [6.45, 7) is 2.57. The molecule has 3 heterocycles. The second-order valence-electron chi connectivity index (χ2n) is 9.90. The number of carbonyl (C=O) groups excluding carboxylic acids is 3. The molecule has 0 aliphatic carbocycles. The van der Waals surface area contributed by atoms with Gasteiger partial charge < -0.3 is 15.0 Å². The van der Waals surface area contributed by atoms with Crippen molar-refractivity contribution in [3.05, 3.63) is 105 Å². The van der Waals surface area contributed by atoms with Crippen LogP contribution in [0.1, 0.15) is 44.8 Å². The van der Waals surface area contributed by atoms with Crippen molar-refractivity contribution < 1.29 is 24.0 Å². The molecule has 0 unspecified atom stereocenters. The highest BCUT2D eigenvalue weighted by Gasteiger charge is 2.54. The minimum Gasteiger partial charge on any atom is -0.353 e. The second kappa shape index (κ2) is 11.2. The number of rotatable bonds is 6. The van der Waals surface area contributed by atoms with E-state index in [4.69, 9.17) is 4.74 Å². The molecular weight excluding hydrogens is 514 g/mol. The van der Waals surface area contributed by atoms with Gasteiger partial charge in [0, 0.05) is 55.4 Å². The molecule has 0 radical (unpaired) electrons. The van der Waals surface area contributed by atoms with Crippen LogP contribution in [-0.2, 0) is 16.1 Å². The van der Waals surface area contributed by atoms with Gasteiger partial charge in [-0.1, -0.05) is 30.3 Å². The number of benzene rings is 2. The van der Waals surface area contributed by atoms with Crippen LogP contribution in [0.2, 0.25) is 0 Å². The van der Waals surface area contributed by atoms with Crippen molar-refractivity contribution in [1.82, 2.24) is 20.1 Å². The Hall–Kier alpha value is -4.64. The molecule has 1 atom stereocenters. The summed E-state index contributed by atoms with van der Waals surface area (Å²) in [7, 11) is 0. The fraction of sp³-hybridized carbons (Fsp3) is 0.310. The number of nitrogens with zero attached hydrogens (tertiary/aromatic N) is 4. The zero-order valence-electron chi connectivity index (χ0n) is 22.0. The number of likely N-dealkylation sites (tertiary alicyclic amines) is 1. The lowest BCUT2D eigenvalue weighted by Crippen LogP contribution is -2.59. The van der Waals surface area contributed by atoms with Gasteiger partial charge in [0.05, 0.1) is 23.8 Å². The average molecular weight is 544 g/mol. The van der Waals surface area contributed by atoms with Crippen molar-refractivity contribution in [2.24, 2.45) is 0 Å². The van der Waals surface area contributed by atoms with Crippen LogP contribution in [0.3, 0.4) is 0 Å². The van der Waals surface area contributed by atoms with E-state index in [9.17, 15) is 24.5 Å². The zero-order chi connectivity index (χ0) is 28.3. The molecule has 2 saturated heterocycles. The number of nitro benzene ring substituents is 1. The second-order valence-corrected chi connectivity index (χ2v) is 9.90. The van der Waals surface area contributed by atoms with Gasteiger partial charge in [0.15, 0.2) is 0 Å². The molecule has 1 spiro atoms. The Morgan fingerprint density at radius 3 is 2.50 bits per heavy atom. The third-order valence-electron chi connectivity index (χ3n) is 7.46. The summed E-state index contributed by atoms with van der Waals surface area (Å²) in [5.41, 5.74) is 0.927. The first-order valence-electron chi connectivity index (χ1n) is 13.0. The summed E-state index contributed by atoms with van der Waals surface area (Å²) in [6, 6.07) is 17.4. The minimum atomic E-state index is -1.08. The summed E-state index contributed by atoms with van der Waals surface area (Å²) >= 11 is 0. The van der Waals surface area contributed by atoms with Crippen LogP contribution >= 0.6 is 0 Å². The topological polar surface area (TPSA) is 135 Å². The minimum absolute atomic E-state index is 0.0184. The molecule has 11 heteroatoms. The van der Waals surface area contributed by atoms with E-state index in [2.05, 4.69) is 10.3 Å². The van der Waals surface area contributed by atoms with Crippen molar-refractivity contribution >= 4 is 23.4 Å². The number of nitrogens with one attached hydrogen (secondary N) is 1. The maximum atomic E-state index is 14.0. The van der Waals surface area contributed by atoms with Crippen LogP contribution in [0.4, 0.5) is 5.69 Å². The van der Waals surface area contributed by atoms with Crippen LogP contribution in [0, 0.1) is 17.0 Å². The Bertz CT molecular complexity index is 1440. The average Bonchev–Trinajstić information content (AvgIpc) is 3.34. The smallest absolute Gasteiger partial charge is 0.270 e. The molecular formula is C29H29N5O6. The Morgan fingerprint density at radius 1 is 1.05 bits per heavy atom. The van der Waals surface area contributed by atoms with E-state index in [-0.39, 0.29) is 68.1 Å². The first-order valence-corrected chi connectivity index (χ1v) is 13.0. The number of ether oxygens (including phenoxy) is 1. The molecule has 2 aromatic carbocycles. The van der Waals surface area contributed by atoms with Crippen molar-refractivity contribution in [3.8, 4) is 0 Å². The molecule has 2 aliphatic heterocycles. The maximum absolute atomic E-state index is 14.0. The summed E-state index contributed by atoms with van der Waals surface area (Å²) in [5, 5.41) is 14.0. The molecule has 0 saturated carbocycles. The fourth-order valence-corrected chi connectivity index (χ4v) is 5.30. The number of amides is 3. The molecule has 0 bridgehead atoms. The normalized spacial score (nSPS) is 18.0. The van der Waals surface area contributed by atoms with E-state index in [0.717, 1.165) is 5.56 Å². The van der Waals surface area contributed by atoms with Gasteiger partial charge in [-0.25, -0.2) is 0 Å². The number of hydrogen-bond donors (Lipinski definition) is 1. The van der Waals surface area contributed by atoms with E-state index in [1.807, 2.05) is 25.1 Å². The Kier molecular flexibility index (Phi) is 7.56. The van der Waals surface area contributed by atoms with E-state index in [1.54, 1.807) is 41.4 Å². The monoisotopic (exact) mass is 543 g/mol. The highest BCUT2D eigenvalue weighted by molar-refractivity contribution is 5.99. The molecule has 3 aromatic rings. The molecule has 206 valence electrons. The molecule has 3 amide bonds. The van der Waals surface area contributed by atoms with Crippen LogP contribution < -0.4 is 5.32 Å². The van der Waals surface area contributed by atoms with Crippen molar-refractivity contribution in [2.45, 2.75) is 38.1 Å². The Morgan fingerprint density at radius 2 is 1.80 bits per heavy atom. The maximum Gasteiger partial charge on any atom is 0.270 e. The molecule has 2 fully saturated rings. The number of pyridine rings is 1. The van der Waals surface area contributed by atoms with Crippen LogP contribution in [0.25, 0.3) is 0 Å². The van der Waals surface area contributed by atoms with Gasteiger partial charge >= 0.3 is 0 Å². The van der Waals surface area contributed by atoms with Gasteiger partial charge in [-0.2, -0.15) is 0 Å². The van der Waals surface area contributed by atoms with Gasteiger partial charge in [0.2, 0.25) is 5.91 Å². The SMILES string of the molecule is Cc1ccccc1C(=O)N1[C@@H](C(=O)NCc2ccccn2)COC12CCN(C(=O)c1cccc([N+](=O)[O-])c1)CC2. The van der Waals surface area contributed by atoms with Gasteiger partial charge in [0.1, 0.15) is 11.8 Å². The largest absolute Gasteiger partial charge is 0.353 e. The first kappa shape index (κ1) is 26.9. The molecule has 1 N–H and O–H groups in total. The van der Waals surface area contributed by atoms with Crippen molar-refractivity contribution in [2.75, 3.05) is 19.7 Å². The quantitative estimate of drug-likeness (QED) is 0.373. The van der Waals surface area contributed by atoms with E-state index in [0.29, 0.717) is 11.3 Å². The molecule has 2 aliphatic rings. The third kappa shape index (κ3) is 5.28. The van der Waals surface area contributed by atoms with Crippen molar-refractivity contribution in [3.63, 3.8) is 0 Å². The number of hydrogen-bond acceptors (Lipinski definition) is 7.